The third kappa shape index (κ3) is 8.06. The second-order valence-corrected chi connectivity index (χ2v) is 9.77. The van der Waals surface area contributed by atoms with Crippen molar-refractivity contribution in [2.45, 2.75) is 51.2 Å². The molecule has 0 amide bonds. The van der Waals surface area contributed by atoms with Gasteiger partial charge in [0.15, 0.2) is 5.96 Å². The second-order valence-electron chi connectivity index (χ2n) is 7.09. The molecule has 0 spiro atoms. The molecule has 0 saturated heterocycles. The first-order chi connectivity index (χ1) is 12.7. The van der Waals surface area contributed by atoms with Crippen LogP contribution in [-0.2, 0) is 23.1 Å². The van der Waals surface area contributed by atoms with Crippen LogP contribution in [0.15, 0.2) is 51.7 Å². The molecule has 0 bridgehead atoms. The van der Waals surface area contributed by atoms with Gasteiger partial charge < -0.3 is 10.6 Å². The molecule has 0 atom stereocenters. The van der Waals surface area contributed by atoms with E-state index in [4.69, 9.17) is 0 Å². The zero-order valence-corrected chi connectivity index (χ0v) is 20.6. The summed E-state index contributed by atoms with van der Waals surface area (Å²) < 4.78 is 28.2. The van der Waals surface area contributed by atoms with Crippen LogP contribution in [0.1, 0.15) is 38.1 Å². The number of benzene rings is 1. The Kier molecular flexibility index (Phi) is 9.88. The highest BCUT2D eigenvalue weighted by atomic mass is 127. The van der Waals surface area contributed by atoms with Crippen molar-refractivity contribution < 1.29 is 8.42 Å². The second kappa shape index (κ2) is 11.1. The molecular weight excluding hydrogens is 507 g/mol. The van der Waals surface area contributed by atoms with Crippen LogP contribution in [0.5, 0.6) is 0 Å². The normalized spacial score (nSPS) is 12.4. The standard InChI is InChI=1S/C19H28N4O2S2.HI/c1-5-20-18(22-14-16-10-8-12-26-16)21-13-15-9-6-7-11-17(15)27(24,25)23-19(2,3)4;/h6-12,23H,5,13-14H2,1-4H3,(H2,20,21,22);1H. The molecule has 0 saturated carbocycles. The topological polar surface area (TPSA) is 82.6 Å². The van der Waals surface area contributed by atoms with E-state index in [0.29, 0.717) is 18.1 Å². The largest absolute Gasteiger partial charge is 0.357 e. The monoisotopic (exact) mass is 536 g/mol. The number of nitrogens with one attached hydrogen (secondary N) is 3. The van der Waals surface area contributed by atoms with Crippen LogP contribution in [0.3, 0.4) is 0 Å². The zero-order valence-electron chi connectivity index (χ0n) is 16.7. The number of guanidine groups is 1. The van der Waals surface area contributed by atoms with E-state index in [2.05, 4.69) is 26.4 Å². The molecule has 0 radical (unpaired) electrons. The van der Waals surface area contributed by atoms with Crippen molar-refractivity contribution >= 4 is 51.3 Å². The van der Waals surface area contributed by atoms with Gasteiger partial charge in [-0.2, -0.15) is 0 Å². The molecule has 3 N–H and O–H groups in total. The Morgan fingerprint density at radius 2 is 1.82 bits per heavy atom. The lowest BCUT2D eigenvalue weighted by molar-refractivity contribution is 0.491. The molecular formula is C19H29IN4O2S2. The average molecular weight is 537 g/mol. The molecule has 1 aromatic carbocycles. The van der Waals surface area contributed by atoms with Gasteiger partial charge in [-0.1, -0.05) is 24.3 Å². The number of hydrogen-bond donors (Lipinski definition) is 3. The molecule has 6 nitrogen and oxygen atoms in total. The highest BCUT2D eigenvalue weighted by molar-refractivity contribution is 14.0. The fourth-order valence-corrected chi connectivity index (χ4v) is 4.74. The molecule has 156 valence electrons. The van der Waals surface area contributed by atoms with Gasteiger partial charge in [0.05, 0.1) is 18.0 Å². The van der Waals surface area contributed by atoms with Crippen molar-refractivity contribution in [3.8, 4) is 0 Å². The van der Waals surface area contributed by atoms with Gasteiger partial charge in [-0.05, 0) is 50.8 Å². The van der Waals surface area contributed by atoms with Crippen LogP contribution >= 0.6 is 35.3 Å². The summed E-state index contributed by atoms with van der Waals surface area (Å²) in [7, 11) is -3.61. The Hall–Kier alpha value is -1.17. The van der Waals surface area contributed by atoms with Crippen LogP contribution in [0.2, 0.25) is 0 Å². The maximum absolute atomic E-state index is 12.7. The van der Waals surface area contributed by atoms with E-state index in [1.54, 1.807) is 29.5 Å². The van der Waals surface area contributed by atoms with Gasteiger partial charge in [0.25, 0.3) is 0 Å². The number of rotatable bonds is 7. The third-order valence-electron chi connectivity index (χ3n) is 3.46. The van der Waals surface area contributed by atoms with Crippen molar-refractivity contribution in [1.29, 1.82) is 0 Å². The summed E-state index contributed by atoms with van der Waals surface area (Å²) in [6.45, 7) is 9.13. The summed E-state index contributed by atoms with van der Waals surface area (Å²) in [4.78, 5) is 6.03. The molecule has 0 unspecified atom stereocenters. The van der Waals surface area contributed by atoms with E-state index in [0.717, 1.165) is 6.54 Å². The quantitative estimate of drug-likeness (QED) is 0.287. The van der Waals surface area contributed by atoms with Crippen molar-refractivity contribution in [3.05, 3.63) is 52.2 Å². The lowest BCUT2D eigenvalue weighted by Gasteiger charge is -2.21. The van der Waals surface area contributed by atoms with Crippen molar-refractivity contribution in [3.63, 3.8) is 0 Å². The average Bonchev–Trinajstić information content (AvgIpc) is 3.09. The molecule has 28 heavy (non-hydrogen) atoms. The summed E-state index contributed by atoms with van der Waals surface area (Å²) in [5, 5.41) is 8.50. The Labute approximate surface area is 189 Å². The van der Waals surface area contributed by atoms with Crippen molar-refractivity contribution in [1.82, 2.24) is 15.4 Å². The number of thiophene rings is 1. The van der Waals surface area contributed by atoms with Crippen LogP contribution in [0.25, 0.3) is 0 Å². The number of nitrogens with zero attached hydrogens (tertiary/aromatic N) is 1. The Bertz CT molecular complexity index is 860. The molecule has 0 aliphatic carbocycles. The fourth-order valence-electron chi connectivity index (χ4n) is 2.44. The molecule has 0 aliphatic rings. The first-order valence-corrected chi connectivity index (χ1v) is 11.2. The summed E-state index contributed by atoms with van der Waals surface area (Å²) in [6, 6.07) is 11.0. The Morgan fingerprint density at radius 3 is 2.43 bits per heavy atom. The van der Waals surface area contributed by atoms with Gasteiger partial charge in [0.1, 0.15) is 0 Å². The minimum Gasteiger partial charge on any atom is -0.357 e. The predicted octanol–water partition coefficient (Wildman–Crippen LogP) is 3.70. The lowest BCUT2D eigenvalue weighted by atomic mass is 10.1. The summed E-state index contributed by atoms with van der Waals surface area (Å²) in [5.74, 6) is 0.655. The maximum Gasteiger partial charge on any atom is 0.241 e. The van der Waals surface area contributed by atoms with E-state index < -0.39 is 15.6 Å². The minimum atomic E-state index is -3.61. The molecule has 0 fully saturated rings. The van der Waals surface area contributed by atoms with E-state index in [1.807, 2.05) is 45.2 Å². The summed E-state index contributed by atoms with van der Waals surface area (Å²) >= 11 is 1.68. The third-order valence-corrected chi connectivity index (χ3v) is 6.20. The number of halogens is 1. The molecule has 9 heteroatoms. The van der Waals surface area contributed by atoms with Crippen LogP contribution in [0, 0.1) is 0 Å². The van der Waals surface area contributed by atoms with E-state index in [9.17, 15) is 8.42 Å². The number of hydrogen-bond acceptors (Lipinski definition) is 4. The molecule has 2 rings (SSSR count). The predicted molar refractivity (Wildman–Crippen MR) is 128 cm³/mol. The maximum atomic E-state index is 12.7. The Balaban J connectivity index is 0.00000392. The highest BCUT2D eigenvalue weighted by Crippen LogP contribution is 2.18. The van der Waals surface area contributed by atoms with Gasteiger partial charge in [-0.25, -0.2) is 18.1 Å². The first-order valence-electron chi connectivity index (χ1n) is 8.88. The zero-order chi connectivity index (χ0) is 19.9. The van der Waals surface area contributed by atoms with Crippen molar-refractivity contribution in [2.75, 3.05) is 6.54 Å². The number of aliphatic imine (C=N–C) groups is 1. The molecule has 2 aromatic rings. The molecule has 1 heterocycles. The smallest absolute Gasteiger partial charge is 0.241 e. The first kappa shape index (κ1) is 24.9. The summed E-state index contributed by atoms with van der Waals surface area (Å²) in [6.07, 6.45) is 0. The van der Waals surface area contributed by atoms with Gasteiger partial charge >= 0.3 is 0 Å². The lowest BCUT2D eigenvalue weighted by Crippen LogP contribution is -2.40. The number of sulfonamides is 1. The minimum absolute atomic E-state index is 0. The van der Waals surface area contributed by atoms with Crippen molar-refractivity contribution in [2.24, 2.45) is 4.99 Å². The van der Waals surface area contributed by atoms with Crippen LogP contribution in [0.4, 0.5) is 0 Å². The van der Waals surface area contributed by atoms with E-state index in [-0.39, 0.29) is 35.4 Å². The van der Waals surface area contributed by atoms with Crippen LogP contribution < -0.4 is 15.4 Å². The highest BCUT2D eigenvalue weighted by Gasteiger charge is 2.24. The van der Waals surface area contributed by atoms with E-state index >= 15 is 0 Å². The fraction of sp³-hybridized carbons (Fsp3) is 0.421. The van der Waals surface area contributed by atoms with Gasteiger partial charge in [-0.3, -0.25) is 0 Å². The summed E-state index contributed by atoms with van der Waals surface area (Å²) in [5.41, 5.74) is 0.106. The molecule has 0 aliphatic heterocycles. The van der Waals surface area contributed by atoms with Crippen LogP contribution in [-0.4, -0.2) is 26.5 Å². The molecule has 1 aromatic heterocycles. The van der Waals surface area contributed by atoms with E-state index in [1.165, 1.54) is 4.88 Å². The van der Waals surface area contributed by atoms with Gasteiger partial charge in [0.2, 0.25) is 10.0 Å². The van der Waals surface area contributed by atoms with Gasteiger partial charge in [0, 0.05) is 17.0 Å². The Morgan fingerprint density at radius 1 is 1.11 bits per heavy atom. The SMILES string of the molecule is CCNC(=NCc1ccccc1S(=O)(=O)NC(C)(C)C)NCc1cccs1.I. The van der Waals surface area contributed by atoms with Gasteiger partial charge in [-0.15, -0.1) is 35.3 Å².